The summed E-state index contributed by atoms with van der Waals surface area (Å²) in [6, 6.07) is 40.3. The van der Waals surface area contributed by atoms with Crippen LogP contribution >= 0.6 is 0 Å². The van der Waals surface area contributed by atoms with Gasteiger partial charge in [0.2, 0.25) is 0 Å². The molecular formula is C48H32N2. The summed E-state index contributed by atoms with van der Waals surface area (Å²) < 4.78 is 88.4. The molecule has 10 rings (SSSR count). The molecule has 0 fully saturated rings. The quantitative estimate of drug-likeness (QED) is 0.176. The van der Waals surface area contributed by atoms with Crippen LogP contribution in [0, 0.1) is 0 Å². The van der Waals surface area contributed by atoms with E-state index in [9.17, 15) is 0 Å². The van der Waals surface area contributed by atoms with Crippen molar-refractivity contribution < 1.29 is 13.7 Å². The molecular weight excluding hydrogens is 605 g/mol. The highest BCUT2D eigenvalue weighted by atomic mass is 15.0. The van der Waals surface area contributed by atoms with Gasteiger partial charge in [0, 0.05) is 27.2 Å². The van der Waals surface area contributed by atoms with Crippen molar-refractivity contribution in [2.75, 3.05) is 0 Å². The minimum atomic E-state index is -0.432. The van der Waals surface area contributed by atoms with E-state index in [4.69, 9.17) is 13.7 Å². The zero-order chi connectivity index (χ0) is 41.7. The van der Waals surface area contributed by atoms with Crippen LogP contribution in [0.2, 0.25) is 0 Å². The van der Waals surface area contributed by atoms with E-state index in [0.29, 0.717) is 11.1 Å². The first-order valence-electron chi connectivity index (χ1n) is 21.4. The molecule has 0 radical (unpaired) electrons. The molecule has 0 saturated heterocycles. The van der Waals surface area contributed by atoms with Crippen LogP contribution in [-0.2, 0) is 0 Å². The molecule has 0 amide bonds. The molecule has 8 aromatic carbocycles. The summed E-state index contributed by atoms with van der Waals surface area (Å²) in [5.74, 6) is 0. The third-order valence-corrected chi connectivity index (χ3v) is 9.47. The zero-order valence-corrected chi connectivity index (χ0v) is 26.6. The van der Waals surface area contributed by atoms with Gasteiger partial charge in [-0.05, 0) is 81.9 Å². The first-order valence-corrected chi connectivity index (χ1v) is 16.4. The molecule has 2 nitrogen and oxygen atoms in total. The lowest BCUT2D eigenvalue weighted by Gasteiger charge is -2.13. The van der Waals surface area contributed by atoms with Crippen LogP contribution in [0.4, 0.5) is 0 Å². The van der Waals surface area contributed by atoms with Crippen LogP contribution in [0.15, 0.2) is 194 Å². The van der Waals surface area contributed by atoms with Gasteiger partial charge in [-0.25, -0.2) is 0 Å². The van der Waals surface area contributed by atoms with Gasteiger partial charge < -0.3 is 9.13 Å². The number of fused-ring (bicyclic) bond motifs is 6. The number of para-hydroxylation sites is 2. The van der Waals surface area contributed by atoms with Crippen molar-refractivity contribution in [3.8, 4) is 44.8 Å². The second-order valence-corrected chi connectivity index (χ2v) is 12.2. The maximum absolute atomic E-state index is 8.66. The van der Waals surface area contributed by atoms with Crippen LogP contribution in [0.3, 0.4) is 0 Å². The summed E-state index contributed by atoms with van der Waals surface area (Å²) in [5.41, 5.74) is 8.59. The highest BCUT2D eigenvalue weighted by molar-refractivity contribution is 6.19. The molecule has 0 saturated carbocycles. The number of hydrogen-bond acceptors (Lipinski definition) is 0. The Morgan fingerprint density at radius 1 is 0.360 bits per heavy atom. The van der Waals surface area contributed by atoms with E-state index in [1.807, 2.05) is 72.8 Å². The largest absolute Gasteiger partial charge is 0.309 e. The molecule has 234 valence electrons. The van der Waals surface area contributed by atoms with Gasteiger partial charge in [0.15, 0.2) is 0 Å². The Kier molecular flexibility index (Phi) is 4.60. The highest BCUT2D eigenvalue weighted by Crippen LogP contribution is 2.43. The second kappa shape index (κ2) is 11.5. The summed E-state index contributed by atoms with van der Waals surface area (Å²) >= 11 is 0. The normalized spacial score (nSPS) is 14.4. The SMILES string of the molecule is [2H]c1c([2H])c([2H])c(-c2cccc(-c3cccc4c3c3ccccc3n4-c3cccc4c3c3ccccc3n4-c3cccc(-c4c([2H])c([2H])c([2H])c([2H])c4[2H])c3)c2)c([2H])c1[2H]. The second-order valence-electron chi connectivity index (χ2n) is 12.2. The van der Waals surface area contributed by atoms with Crippen LogP contribution in [-0.4, -0.2) is 9.13 Å². The Bertz CT molecular complexity index is 3400. The van der Waals surface area contributed by atoms with E-state index in [-0.39, 0.29) is 59.5 Å². The number of hydrogen-bond donors (Lipinski definition) is 0. The van der Waals surface area contributed by atoms with Crippen molar-refractivity contribution in [2.45, 2.75) is 0 Å². The van der Waals surface area contributed by atoms with Crippen molar-refractivity contribution in [3.63, 3.8) is 0 Å². The molecule has 0 N–H and O–H groups in total. The summed E-state index contributed by atoms with van der Waals surface area (Å²) in [4.78, 5) is 0. The smallest absolute Gasteiger partial charge is 0.0629 e. The molecule has 2 heterocycles. The number of rotatable bonds is 5. The van der Waals surface area contributed by atoms with Crippen molar-refractivity contribution in [1.82, 2.24) is 9.13 Å². The van der Waals surface area contributed by atoms with Crippen molar-refractivity contribution in [1.29, 1.82) is 0 Å². The molecule has 50 heavy (non-hydrogen) atoms. The molecule has 0 atom stereocenters. The molecule has 0 aliphatic carbocycles. The van der Waals surface area contributed by atoms with Gasteiger partial charge in [-0.2, -0.15) is 0 Å². The average Bonchev–Trinajstić information content (AvgIpc) is 3.80. The maximum atomic E-state index is 8.66. The van der Waals surface area contributed by atoms with Gasteiger partial charge in [-0.3, -0.25) is 0 Å². The first-order chi connectivity index (χ1) is 29.0. The Hall–Kier alpha value is -6.64. The fourth-order valence-corrected chi connectivity index (χ4v) is 7.42. The standard InChI is InChI=1S/C48H32N2/c1-3-15-33(16-4-1)35-19-11-21-37(31-35)39-25-13-28-44-47(39)40-23-7-10-27-43(40)50(44)46-30-14-29-45-48(46)41-24-8-9-26-42(41)49(45)38-22-12-20-36(32-38)34-17-5-2-6-18-34/h1-32H/i1D,2D,3D,4D,5D,6D,15D,16D,17D,18D. The van der Waals surface area contributed by atoms with E-state index in [2.05, 4.69) is 57.7 Å². The first kappa shape index (κ1) is 20.0. The van der Waals surface area contributed by atoms with E-state index in [1.165, 1.54) is 0 Å². The molecule has 2 aromatic heterocycles. The summed E-state index contributed by atoms with van der Waals surface area (Å²) in [6.07, 6.45) is 0. The van der Waals surface area contributed by atoms with Crippen molar-refractivity contribution in [2.24, 2.45) is 0 Å². The third kappa shape index (κ3) is 4.43. The number of benzene rings is 8. The zero-order valence-electron chi connectivity index (χ0n) is 36.6. The van der Waals surface area contributed by atoms with Gasteiger partial charge in [0.1, 0.15) is 0 Å². The maximum Gasteiger partial charge on any atom is 0.0629 e. The summed E-state index contributed by atoms with van der Waals surface area (Å²) in [7, 11) is 0. The van der Waals surface area contributed by atoms with Crippen LogP contribution in [0.1, 0.15) is 13.7 Å². The lowest BCUT2D eigenvalue weighted by Crippen LogP contribution is -1.97. The molecule has 0 bridgehead atoms. The topological polar surface area (TPSA) is 9.86 Å². The van der Waals surface area contributed by atoms with E-state index >= 15 is 0 Å². The van der Waals surface area contributed by atoms with Gasteiger partial charge >= 0.3 is 0 Å². The van der Waals surface area contributed by atoms with Gasteiger partial charge in [-0.1, -0.05) is 145 Å². The van der Waals surface area contributed by atoms with E-state index < -0.39 is 12.1 Å². The van der Waals surface area contributed by atoms with Gasteiger partial charge in [0.05, 0.1) is 41.5 Å². The van der Waals surface area contributed by atoms with Gasteiger partial charge in [0.25, 0.3) is 0 Å². The molecule has 0 spiro atoms. The minimum Gasteiger partial charge on any atom is -0.309 e. The van der Waals surface area contributed by atoms with Crippen LogP contribution in [0.5, 0.6) is 0 Å². The lowest BCUT2D eigenvalue weighted by atomic mass is 9.96. The summed E-state index contributed by atoms with van der Waals surface area (Å²) in [5, 5.41) is 4.02. The molecule has 0 aliphatic heterocycles. The van der Waals surface area contributed by atoms with E-state index in [1.54, 1.807) is 12.1 Å². The van der Waals surface area contributed by atoms with Crippen molar-refractivity contribution >= 4 is 43.6 Å². The fourth-order valence-electron chi connectivity index (χ4n) is 7.42. The Morgan fingerprint density at radius 3 is 1.60 bits per heavy atom. The summed E-state index contributed by atoms with van der Waals surface area (Å²) in [6.45, 7) is 0. The highest BCUT2D eigenvalue weighted by Gasteiger charge is 2.21. The number of aromatic nitrogens is 2. The predicted molar refractivity (Wildman–Crippen MR) is 211 cm³/mol. The molecule has 10 aromatic rings. The van der Waals surface area contributed by atoms with Crippen LogP contribution < -0.4 is 0 Å². The molecule has 0 unspecified atom stereocenters. The lowest BCUT2D eigenvalue weighted by molar-refractivity contribution is 1.17. The molecule has 2 heteroatoms. The fraction of sp³-hybridized carbons (Fsp3) is 0. The van der Waals surface area contributed by atoms with Crippen molar-refractivity contribution in [3.05, 3.63) is 194 Å². The Labute approximate surface area is 304 Å². The Balaban J connectivity index is 1.21. The van der Waals surface area contributed by atoms with Gasteiger partial charge in [-0.15, -0.1) is 0 Å². The number of nitrogens with zero attached hydrogens (tertiary/aromatic N) is 2. The van der Waals surface area contributed by atoms with E-state index in [0.717, 1.165) is 66.1 Å². The Morgan fingerprint density at radius 2 is 0.880 bits per heavy atom. The van der Waals surface area contributed by atoms with Crippen LogP contribution in [0.25, 0.3) is 88.4 Å². The average molecular weight is 647 g/mol. The predicted octanol–water partition coefficient (Wildman–Crippen LogP) is 12.9. The monoisotopic (exact) mass is 646 g/mol. The minimum absolute atomic E-state index is 0.143. The molecule has 0 aliphatic rings. The third-order valence-electron chi connectivity index (χ3n) is 9.47.